The molecule has 1 heterocycles. The van der Waals surface area contributed by atoms with Gasteiger partial charge in [0.05, 0.1) is 12.2 Å². The highest BCUT2D eigenvalue weighted by Gasteiger charge is 2.14. The lowest BCUT2D eigenvalue weighted by atomic mass is 10.1. The standard InChI is InChI=1S/C21H21N3O2/c1-15(21(25)23-14-19-12-13-22-16(2)24-19)26-20-10-8-18(9-11-20)17-6-4-3-5-7-17/h3-13,15H,14H2,1-2H3,(H,23,25). The van der Waals surface area contributed by atoms with Crippen molar-refractivity contribution >= 4 is 5.91 Å². The molecule has 5 nitrogen and oxygen atoms in total. The van der Waals surface area contributed by atoms with E-state index in [2.05, 4.69) is 27.4 Å². The molecular formula is C21H21N3O2. The molecule has 1 amide bonds. The number of hydrogen-bond donors (Lipinski definition) is 1. The van der Waals surface area contributed by atoms with Crippen molar-refractivity contribution in [3.05, 3.63) is 78.4 Å². The molecule has 1 N–H and O–H groups in total. The molecule has 3 aromatic rings. The van der Waals surface area contributed by atoms with Crippen LogP contribution in [0.3, 0.4) is 0 Å². The van der Waals surface area contributed by atoms with Crippen molar-refractivity contribution in [3.8, 4) is 16.9 Å². The molecule has 0 bridgehead atoms. The van der Waals surface area contributed by atoms with Crippen LogP contribution < -0.4 is 10.1 Å². The average molecular weight is 347 g/mol. The highest BCUT2D eigenvalue weighted by Crippen LogP contribution is 2.22. The topological polar surface area (TPSA) is 64.1 Å². The SMILES string of the molecule is Cc1nccc(CNC(=O)C(C)Oc2ccc(-c3ccccc3)cc2)n1. The van der Waals surface area contributed by atoms with Crippen LogP contribution >= 0.6 is 0 Å². The number of aryl methyl sites for hydroxylation is 1. The summed E-state index contributed by atoms with van der Waals surface area (Å²) in [6, 6.07) is 19.6. The predicted molar refractivity (Wildman–Crippen MR) is 101 cm³/mol. The number of nitrogens with one attached hydrogen (secondary N) is 1. The number of ether oxygens (including phenoxy) is 1. The number of rotatable bonds is 6. The number of hydrogen-bond acceptors (Lipinski definition) is 4. The fourth-order valence-corrected chi connectivity index (χ4v) is 2.54. The maximum Gasteiger partial charge on any atom is 0.261 e. The number of aromatic nitrogens is 2. The zero-order valence-corrected chi connectivity index (χ0v) is 14.8. The number of benzene rings is 2. The minimum absolute atomic E-state index is 0.187. The van der Waals surface area contributed by atoms with Gasteiger partial charge in [-0.2, -0.15) is 0 Å². The van der Waals surface area contributed by atoms with E-state index in [1.54, 1.807) is 19.2 Å². The monoisotopic (exact) mass is 347 g/mol. The van der Waals surface area contributed by atoms with Gasteiger partial charge in [0.15, 0.2) is 6.10 Å². The van der Waals surface area contributed by atoms with Crippen molar-refractivity contribution in [1.82, 2.24) is 15.3 Å². The molecule has 0 fully saturated rings. The molecule has 1 atom stereocenters. The minimum Gasteiger partial charge on any atom is -0.481 e. The molecule has 0 radical (unpaired) electrons. The van der Waals surface area contributed by atoms with Gasteiger partial charge in [0.25, 0.3) is 5.91 Å². The Balaban J connectivity index is 1.55. The molecule has 5 heteroatoms. The summed E-state index contributed by atoms with van der Waals surface area (Å²) in [7, 11) is 0. The summed E-state index contributed by atoms with van der Waals surface area (Å²) >= 11 is 0. The summed E-state index contributed by atoms with van der Waals surface area (Å²) in [6.07, 6.45) is 1.08. The second-order valence-electron chi connectivity index (χ2n) is 5.96. The molecule has 2 aromatic carbocycles. The van der Waals surface area contributed by atoms with E-state index in [1.165, 1.54) is 0 Å². The summed E-state index contributed by atoms with van der Waals surface area (Å²) in [4.78, 5) is 20.5. The predicted octanol–water partition coefficient (Wildman–Crippen LogP) is 3.54. The third-order valence-electron chi connectivity index (χ3n) is 3.92. The van der Waals surface area contributed by atoms with Gasteiger partial charge in [0.2, 0.25) is 0 Å². The van der Waals surface area contributed by atoms with E-state index in [0.29, 0.717) is 18.1 Å². The maximum atomic E-state index is 12.2. The first-order valence-electron chi connectivity index (χ1n) is 8.50. The van der Waals surface area contributed by atoms with Crippen LogP contribution in [0.5, 0.6) is 5.75 Å². The van der Waals surface area contributed by atoms with Gasteiger partial charge in [-0.25, -0.2) is 9.97 Å². The van der Waals surface area contributed by atoms with Crippen molar-refractivity contribution < 1.29 is 9.53 Å². The smallest absolute Gasteiger partial charge is 0.261 e. The number of nitrogens with zero attached hydrogens (tertiary/aromatic N) is 2. The van der Waals surface area contributed by atoms with Crippen LogP contribution in [0.2, 0.25) is 0 Å². The second kappa shape index (κ2) is 8.25. The zero-order chi connectivity index (χ0) is 18.4. The Kier molecular flexibility index (Phi) is 5.59. The largest absolute Gasteiger partial charge is 0.481 e. The Labute approximate surface area is 153 Å². The Morgan fingerprint density at radius 2 is 1.73 bits per heavy atom. The van der Waals surface area contributed by atoms with Gasteiger partial charge in [0, 0.05) is 6.20 Å². The maximum absolute atomic E-state index is 12.2. The van der Waals surface area contributed by atoms with E-state index in [1.807, 2.05) is 49.4 Å². The molecule has 0 saturated heterocycles. The fraction of sp³-hybridized carbons (Fsp3) is 0.190. The van der Waals surface area contributed by atoms with Gasteiger partial charge >= 0.3 is 0 Å². The van der Waals surface area contributed by atoms with E-state index in [4.69, 9.17) is 4.74 Å². The Morgan fingerprint density at radius 1 is 1.04 bits per heavy atom. The Morgan fingerprint density at radius 3 is 2.42 bits per heavy atom. The molecule has 0 aliphatic heterocycles. The molecule has 26 heavy (non-hydrogen) atoms. The number of amides is 1. The summed E-state index contributed by atoms with van der Waals surface area (Å²) < 4.78 is 5.73. The van der Waals surface area contributed by atoms with Gasteiger partial charge < -0.3 is 10.1 Å². The van der Waals surface area contributed by atoms with Gasteiger partial charge in [-0.15, -0.1) is 0 Å². The van der Waals surface area contributed by atoms with Gasteiger partial charge in [-0.3, -0.25) is 4.79 Å². The van der Waals surface area contributed by atoms with Crippen molar-refractivity contribution in [2.75, 3.05) is 0 Å². The molecule has 132 valence electrons. The average Bonchev–Trinajstić information content (AvgIpc) is 2.67. The summed E-state index contributed by atoms with van der Waals surface area (Å²) in [5.41, 5.74) is 3.02. The molecule has 1 unspecified atom stereocenters. The lowest BCUT2D eigenvalue weighted by Crippen LogP contribution is -2.36. The van der Waals surface area contributed by atoms with Crippen LogP contribution in [-0.4, -0.2) is 22.0 Å². The first kappa shape index (κ1) is 17.6. The van der Waals surface area contributed by atoms with Crippen molar-refractivity contribution in [2.24, 2.45) is 0 Å². The highest BCUT2D eigenvalue weighted by atomic mass is 16.5. The van der Waals surface area contributed by atoms with E-state index >= 15 is 0 Å². The molecule has 1 aromatic heterocycles. The summed E-state index contributed by atoms with van der Waals surface area (Å²) in [5, 5.41) is 2.83. The van der Waals surface area contributed by atoms with E-state index < -0.39 is 6.10 Å². The Hall–Kier alpha value is -3.21. The van der Waals surface area contributed by atoms with Gasteiger partial charge in [0.1, 0.15) is 11.6 Å². The lowest BCUT2D eigenvalue weighted by Gasteiger charge is -2.15. The molecule has 0 saturated carbocycles. The van der Waals surface area contributed by atoms with E-state index in [9.17, 15) is 4.79 Å². The van der Waals surface area contributed by atoms with E-state index in [0.717, 1.165) is 16.8 Å². The van der Waals surface area contributed by atoms with Gasteiger partial charge in [-0.05, 0) is 43.2 Å². The molecular weight excluding hydrogens is 326 g/mol. The van der Waals surface area contributed by atoms with Crippen LogP contribution in [0.4, 0.5) is 0 Å². The van der Waals surface area contributed by atoms with Crippen LogP contribution in [0.25, 0.3) is 11.1 Å². The first-order chi connectivity index (χ1) is 12.6. The van der Waals surface area contributed by atoms with Crippen LogP contribution in [0, 0.1) is 6.92 Å². The normalized spacial score (nSPS) is 11.6. The highest BCUT2D eigenvalue weighted by molar-refractivity contribution is 5.80. The molecule has 0 spiro atoms. The third kappa shape index (κ3) is 4.66. The fourth-order valence-electron chi connectivity index (χ4n) is 2.54. The quantitative estimate of drug-likeness (QED) is 0.741. The third-order valence-corrected chi connectivity index (χ3v) is 3.92. The van der Waals surface area contributed by atoms with Gasteiger partial charge in [-0.1, -0.05) is 42.5 Å². The minimum atomic E-state index is -0.597. The summed E-state index contributed by atoms with van der Waals surface area (Å²) in [6.45, 7) is 3.89. The molecule has 0 aliphatic carbocycles. The van der Waals surface area contributed by atoms with Crippen molar-refractivity contribution in [2.45, 2.75) is 26.5 Å². The lowest BCUT2D eigenvalue weighted by molar-refractivity contribution is -0.127. The second-order valence-corrected chi connectivity index (χ2v) is 5.96. The zero-order valence-electron chi connectivity index (χ0n) is 14.8. The van der Waals surface area contributed by atoms with Crippen molar-refractivity contribution in [3.63, 3.8) is 0 Å². The first-order valence-corrected chi connectivity index (χ1v) is 8.50. The summed E-state index contributed by atoms with van der Waals surface area (Å²) in [5.74, 6) is 1.15. The van der Waals surface area contributed by atoms with E-state index in [-0.39, 0.29) is 5.91 Å². The van der Waals surface area contributed by atoms with Crippen LogP contribution in [0.15, 0.2) is 66.9 Å². The molecule has 0 aliphatic rings. The van der Waals surface area contributed by atoms with Crippen molar-refractivity contribution in [1.29, 1.82) is 0 Å². The number of carbonyl (C=O) groups excluding carboxylic acids is 1. The van der Waals surface area contributed by atoms with Crippen LogP contribution in [0.1, 0.15) is 18.4 Å². The Bertz CT molecular complexity index is 864. The molecule has 3 rings (SSSR count). The van der Waals surface area contributed by atoms with Crippen LogP contribution in [-0.2, 0) is 11.3 Å². The number of carbonyl (C=O) groups is 1.